The Morgan fingerprint density at radius 1 is 1.15 bits per heavy atom. The molecule has 1 atom stereocenters. The molecule has 0 saturated carbocycles. The van der Waals surface area contributed by atoms with E-state index in [1.807, 2.05) is 42.8 Å². The van der Waals surface area contributed by atoms with Crippen molar-refractivity contribution in [2.24, 2.45) is 4.99 Å². The average molecular weight is 445 g/mol. The molecule has 2 aromatic carbocycles. The third-order valence-corrected chi connectivity index (χ3v) is 6.39. The molecule has 6 nitrogen and oxygen atoms in total. The van der Waals surface area contributed by atoms with Crippen molar-refractivity contribution in [2.75, 3.05) is 13.7 Å². The highest BCUT2D eigenvalue weighted by molar-refractivity contribution is 6.14. The minimum atomic E-state index is -0.625. The lowest BCUT2D eigenvalue weighted by atomic mass is 9.88. The molecule has 33 heavy (non-hydrogen) atoms. The molecule has 1 aromatic heterocycles. The maximum Gasteiger partial charge on any atom is 0.229 e. The number of aromatic nitrogens is 2. The molecule has 0 N–H and O–H groups in total. The zero-order chi connectivity index (χ0) is 23.2. The molecule has 1 amide bonds. The normalized spacial score (nSPS) is 21.3. The lowest BCUT2D eigenvalue weighted by molar-refractivity contribution is -0.131. The first-order valence-corrected chi connectivity index (χ1v) is 10.9. The van der Waals surface area contributed by atoms with Gasteiger partial charge in [0.1, 0.15) is 17.4 Å². The van der Waals surface area contributed by atoms with E-state index >= 15 is 0 Å². The highest BCUT2D eigenvalue weighted by atomic mass is 19.1. The predicted octanol–water partition coefficient (Wildman–Crippen LogP) is 4.66. The summed E-state index contributed by atoms with van der Waals surface area (Å²) in [7, 11) is 1.65. The Morgan fingerprint density at radius 3 is 2.64 bits per heavy atom. The second-order valence-corrected chi connectivity index (χ2v) is 8.67. The molecule has 0 aliphatic carbocycles. The third kappa shape index (κ3) is 3.63. The van der Waals surface area contributed by atoms with Gasteiger partial charge in [0.25, 0.3) is 0 Å². The highest BCUT2D eigenvalue weighted by Gasteiger charge is 2.46. The second-order valence-electron chi connectivity index (χ2n) is 8.67. The summed E-state index contributed by atoms with van der Waals surface area (Å²) in [5.74, 6) is 1.18. The smallest absolute Gasteiger partial charge is 0.229 e. The first kappa shape index (κ1) is 21.1. The number of carbonyl (C=O) groups excluding carboxylic acids is 1. The van der Waals surface area contributed by atoms with Gasteiger partial charge in [0.15, 0.2) is 0 Å². The fraction of sp³-hybridized carbons (Fsp3) is 0.269. The van der Waals surface area contributed by atoms with Gasteiger partial charge in [-0.05, 0) is 67.3 Å². The van der Waals surface area contributed by atoms with E-state index in [4.69, 9.17) is 9.73 Å². The first-order chi connectivity index (χ1) is 15.9. The van der Waals surface area contributed by atoms with Gasteiger partial charge in [-0.3, -0.25) is 14.7 Å². The zero-order valence-electron chi connectivity index (χ0n) is 18.9. The number of methoxy groups -OCH3 is 1. The summed E-state index contributed by atoms with van der Waals surface area (Å²) < 4.78 is 21.1. The van der Waals surface area contributed by atoms with E-state index in [-0.39, 0.29) is 11.7 Å². The molecule has 3 aromatic rings. The largest absolute Gasteiger partial charge is 0.495 e. The monoisotopic (exact) mass is 444 g/mol. The molecule has 0 bridgehead atoms. The van der Waals surface area contributed by atoms with Crippen LogP contribution >= 0.6 is 0 Å². The molecule has 0 radical (unpaired) electrons. The van der Waals surface area contributed by atoms with Crippen LogP contribution in [0, 0.1) is 12.7 Å². The van der Waals surface area contributed by atoms with E-state index in [9.17, 15) is 9.18 Å². The molecule has 168 valence electrons. The summed E-state index contributed by atoms with van der Waals surface area (Å²) in [5, 5.41) is 0. The first-order valence-electron chi connectivity index (χ1n) is 10.9. The number of hydrogen-bond acceptors (Lipinski definition) is 4. The van der Waals surface area contributed by atoms with Crippen LogP contribution in [-0.4, -0.2) is 39.8 Å². The molecular weight excluding hydrogens is 419 g/mol. The van der Waals surface area contributed by atoms with Crippen LogP contribution < -0.4 is 4.74 Å². The van der Waals surface area contributed by atoms with Gasteiger partial charge in [0, 0.05) is 12.6 Å². The van der Waals surface area contributed by atoms with Crippen LogP contribution in [0.3, 0.4) is 0 Å². The summed E-state index contributed by atoms with van der Waals surface area (Å²) in [6, 6.07) is 12.3. The standard InChI is InChI=1S/C26H25FN4O2/c1-17-14-30(16-29-17)22-10-4-18(13-23(22)33-3)12-19-5-11-24(32)31-25(19)28-15-26(31,2)20-6-8-21(27)9-7-20/h4,6-10,12-14,16H,5,11,15H2,1-3H3. The summed E-state index contributed by atoms with van der Waals surface area (Å²) in [6.07, 6.45) is 6.81. The third-order valence-electron chi connectivity index (χ3n) is 6.39. The van der Waals surface area contributed by atoms with Gasteiger partial charge in [-0.15, -0.1) is 0 Å². The van der Waals surface area contributed by atoms with E-state index < -0.39 is 5.54 Å². The Hall–Kier alpha value is -3.74. The summed E-state index contributed by atoms with van der Waals surface area (Å²) in [4.78, 5) is 23.8. The quantitative estimate of drug-likeness (QED) is 0.588. The number of benzene rings is 2. The van der Waals surface area contributed by atoms with Crippen molar-refractivity contribution < 1.29 is 13.9 Å². The van der Waals surface area contributed by atoms with Gasteiger partial charge in [-0.1, -0.05) is 18.2 Å². The van der Waals surface area contributed by atoms with Crippen LogP contribution in [0.4, 0.5) is 4.39 Å². The van der Waals surface area contributed by atoms with Crippen molar-refractivity contribution in [3.63, 3.8) is 0 Å². The van der Waals surface area contributed by atoms with E-state index in [0.29, 0.717) is 25.2 Å². The predicted molar refractivity (Wildman–Crippen MR) is 125 cm³/mol. The Kier molecular flexibility index (Phi) is 5.12. The van der Waals surface area contributed by atoms with Crippen LogP contribution in [0.15, 0.2) is 65.6 Å². The van der Waals surface area contributed by atoms with Gasteiger partial charge in [0.2, 0.25) is 5.91 Å². The van der Waals surface area contributed by atoms with Crippen molar-refractivity contribution in [2.45, 2.75) is 32.2 Å². The number of carbonyl (C=O) groups is 1. The van der Waals surface area contributed by atoms with Gasteiger partial charge >= 0.3 is 0 Å². The molecule has 2 aliphatic rings. The molecular formula is C26H25FN4O2. The van der Waals surface area contributed by atoms with Crippen molar-refractivity contribution in [1.29, 1.82) is 0 Å². The number of hydrogen-bond donors (Lipinski definition) is 0. The second kappa shape index (κ2) is 7.99. The van der Waals surface area contributed by atoms with Crippen molar-refractivity contribution in [1.82, 2.24) is 14.5 Å². The van der Waals surface area contributed by atoms with Crippen LogP contribution in [0.1, 0.15) is 36.6 Å². The van der Waals surface area contributed by atoms with Gasteiger partial charge in [0.05, 0.1) is 36.9 Å². The molecule has 5 rings (SSSR count). The highest BCUT2D eigenvalue weighted by Crippen LogP contribution is 2.40. The van der Waals surface area contributed by atoms with Crippen molar-refractivity contribution in [3.8, 4) is 11.4 Å². The fourth-order valence-electron chi connectivity index (χ4n) is 4.63. The Balaban J connectivity index is 1.49. The fourth-order valence-corrected chi connectivity index (χ4v) is 4.63. The van der Waals surface area contributed by atoms with Gasteiger partial charge in [-0.25, -0.2) is 9.37 Å². The lowest BCUT2D eigenvalue weighted by Gasteiger charge is -2.39. The number of aryl methyl sites for hydroxylation is 1. The lowest BCUT2D eigenvalue weighted by Crippen LogP contribution is -2.50. The van der Waals surface area contributed by atoms with Gasteiger partial charge in [-0.2, -0.15) is 0 Å². The Morgan fingerprint density at radius 2 is 1.94 bits per heavy atom. The topological polar surface area (TPSA) is 59.7 Å². The Bertz CT molecular complexity index is 1290. The number of rotatable bonds is 4. The minimum absolute atomic E-state index is 0.0404. The van der Waals surface area contributed by atoms with Crippen molar-refractivity contribution in [3.05, 3.63) is 83.2 Å². The molecule has 7 heteroatoms. The summed E-state index contributed by atoms with van der Waals surface area (Å²) >= 11 is 0. The number of imidazole rings is 1. The van der Waals surface area contributed by atoms with Crippen LogP contribution in [-0.2, 0) is 10.3 Å². The van der Waals surface area contributed by atoms with E-state index in [2.05, 4.69) is 11.1 Å². The zero-order valence-corrected chi connectivity index (χ0v) is 18.9. The number of ether oxygens (including phenoxy) is 1. The van der Waals surface area contributed by atoms with Gasteiger partial charge < -0.3 is 9.30 Å². The maximum absolute atomic E-state index is 13.5. The average Bonchev–Trinajstić information content (AvgIpc) is 3.40. The molecule has 0 spiro atoms. The molecule has 1 unspecified atom stereocenters. The SMILES string of the molecule is COc1cc(C=C2CCC(=O)N3C2=NCC3(C)c2ccc(F)cc2)ccc1-n1cnc(C)c1. The number of amidine groups is 1. The van der Waals surface area contributed by atoms with E-state index in [1.165, 1.54) is 12.1 Å². The van der Waals surface area contributed by atoms with Crippen LogP contribution in [0.25, 0.3) is 11.8 Å². The Labute approximate surface area is 192 Å². The molecule has 1 saturated heterocycles. The van der Waals surface area contributed by atoms with E-state index in [1.54, 1.807) is 30.5 Å². The summed E-state index contributed by atoms with van der Waals surface area (Å²) in [6.45, 7) is 4.38. The van der Waals surface area contributed by atoms with Crippen LogP contribution in [0.5, 0.6) is 5.75 Å². The number of amides is 1. The summed E-state index contributed by atoms with van der Waals surface area (Å²) in [5.41, 5.74) is 4.06. The van der Waals surface area contributed by atoms with Crippen molar-refractivity contribution >= 4 is 17.8 Å². The molecule has 1 fully saturated rings. The molecule has 2 aliphatic heterocycles. The molecule has 3 heterocycles. The maximum atomic E-state index is 13.5. The number of nitrogens with zero attached hydrogens (tertiary/aromatic N) is 4. The minimum Gasteiger partial charge on any atom is -0.495 e. The van der Waals surface area contributed by atoms with Crippen LogP contribution in [0.2, 0.25) is 0 Å². The number of fused-ring (bicyclic) bond motifs is 1. The number of aliphatic imine (C=N–C) groups is 1. The number of piperidine rings is 1. The van der Waals surface area contributed by atoms with E-state index in [0.717, 1.165) is 33.8 Å². The number of halogens is 1.